The number of amides is 17. The molecule has 0 spiro atoms. The van der Waals surface area contributed by atoms with Crippen LogP contribution < -0.4 is 108 Å². The first kappa shape index (κ1) is 113. The van der Waals surface area contributed by atoms with Crippen molar-refractivity contribution in [2.75, 3.05) is 64.1 Å². The van der Waals surface area contributed by atoms with Crippen molar-refractivity contribution >= 4 is 156 Å². The SMILES string of the molecule is CC[C@H](C)[C@H](NC(C)=O)C(=O)N[C@H]1CSSC[C@@H](C(=O)N[C@H](C(=O)NCCOCCOCC(=O)N[C@@H](CCCCNC(C)(C)C)C(N)=O)[C@@H](C)O)NC(=O)[C@H](CCCNC(=N)N)NC(=O)[C@H](Cc2cnc[nH]2)NC(=O)[C@H](C)NC(=O)CNC(=O)[C@H](Cc2c[nH]c3ccccc23)NC(=O)[C@H](CC(=O)O)NC(=O)C(CCC(N)=O)NC(=O)[C@H](Cc2cn(C)c3ccccc23)NC(=O)[C@H](C(C)C)NC1=O. The highest BCUT2D eigenvalue weighted by Gasteiger charge is 2.40. The van der Waals surface area contributed by atoms with Gasteiger partial charge in [0.05, 0.1) is 45.2 Å². The van der Waals surface area contributed by atoms with Gasteiger partial charge in [0.15, 0.2) is 5.96 Å². The van der Waals surface area contributed by atoms with E-state index in [9.17, 15) is 72.5 Å². The molecular formula is C88H133N25O22S2. The number of para-hydroxylation sites is 2. The van der Waals surface area contributed by atoms with E-state index in [0.29, 0.717) is 58.7 Å². The average molecular weight is 1960 g/mol. The monoisotopic (exact) mass is 1960 g/mol. The Morgan fingerprint density at radius 1 is 0.628 bits per heavy atom. The predicted octanol–water partition coefficient (Wildman–Crippen LogP) is -4.46. The molecular weight excluding hydrogens is 1820 g/mol. The number of unbranched alkanes of at least 4 members (excludes halogenated alkanes) is 1. The molecule has 49 heteroatoms. The number of carboxylic acids is 1. The minimum Gasteiger partial charge on any atom is -0.481 e. The van der Waals surface area contributed by atoms with Crippen LogP contribution in [0.1, 0.15) is 144 Å². The third-order valence-corrected chi connectivity index (χ3v) is 24.3. The van der Waals surface area contributed by atoms with Crippen molar-refractivity contribution < 1.29 is 106 Å². The van der Waals surface area contributed by atoms with E-state index in [0.717, 1.165) is 28.0 Å². The highest BCUT2D eigenvalue weighted by molar-refractivity contribution is 8.76. The number of aliphatic hydroxyl groups is 1. The van der Waals surface area contributed by atoms with Gasteiger partial charge in [-0.1, -0.05) is 92.1 Å². The van der Waals surface area contributed by atoms with E-state index in [1.54, 1.807) is 80.2 Å². The van der Waals surface area contributed by atoms with Crippen molar-refractivity contribution in [2.45, 2.75) is 236 Å². The van der Waals surface area contributed by atoms with Crippen LogP contribution in [0.4, 0.5) is 0 Å². The first-order valence-corrected chi connectivity index (χ1v) is 47.5. The van der Waals surface area contributed by atoms with E-state index in [1.165, 1.54) is 53.3 Å². The molecule has 47 nitrogen and oxygen atoms in total. The lowest BCUT2D eigenvalue weighted by Gasteiger charge is -2.29. The smallest absolute Gasteiger partial charge is 0.305 e. The number of hydrogen-bond acceptors (Lipinski definition) is 26. The maximum atomic E-state index is 15.3. The van der Waals surface area contributed by atoms with Gasteiger partial charge in [-0.2, -0.15) is 0 Å². The fourth-order valence-corrected chi connectivity index (χ4v) is 16.6. The number of aliphatic hydroxyl groups excluding tert-OH is 1. The molecule has 137 heavy (non-hydrogen) atoms. The van der Waals surface area contributed by atoms with Crippen molar-refractivity contribution in [3.8, 4) is 0 Å². The first-order chi connectivity index (χ1) is 64.8. The van der Waals surface area contributed by atoms with Gasteiger partial charge >= 0.3 is 5.97 Å². The lowest BCUT2D eigenvalue weighted by atomic mass is 9.97. The summed E-state index contributed by atoms with van der Waals surface area (Å²) >= 11 is 0. The number of carbonyl (C=O) groups is 18. The highest BCUT2D eigenvalue weighted by Crippen LogP contribution is 2.27. The summed E-state index contributed by atoms with van der Waals surface area (Å²) in [4.78, 5) is 265. The first-order valence-electron chi connectivity index (χ1n) is 45.0. The fraction of sp³-hybridized carbons (Fsp3) is 0.568. The van der Waals surface area contributed by atoms with E-state index in [2.05, 4.69) is 105 Å². The largest absolute Gasteiger partial charge is 0.481 e. The van der Waals surface area contributed by atoms with Crippen LogP contribution in [-0.2, 0) is 122 Å². The summed E-state index contributed by atoms with van der Waals surface area (Å²) in [6, 6.07) is -7.56. The second kappa shape index (κ2) is 56.5. The number of aromatic amines is 2. The van der Waals surface area contributed by atoms with Gasteiger partial charge in [0, 0.05) is 116 Å². The van der Waals surface area contributed by atoms with Gasteiger partial charge in [-0.05, 0) is 115 Å². The lowest BCUT2D eigenvalue weighted by Crippen LogP contribution is -2.61. The zero-order chi connectivity index (χ0) is 101. The van der Waals surface area contributed by atoms with Crippen LogP contribution >= 0.6 is 21.6 Å². The van der Waals surface area contributed by atoms with Crippen molar-refractivity contribution in [3.63, 3.8) is 0 Å². The third-order valence-electron chi connectivity index (χ3n) is 21.9. The maximum absolute atomic E-state index is 15.3. The molecule has 0 aliphatic carbocycles. The summed E-state index contributed by atoms with van der Waals surface area (Å²) in [6.07, 6.45) is 2.23. The summed E-state index contributed by atoms with van der Waals surface area (Å²) in [5.41, 5.74) is 19.1. The number of aryl methyl sites for hydroxylation is 1. The van der Waals surface area contributed by atoms with Gasteiger partial charge in [-0.3, -0.25) is 91.7 Å². The summed E-state index contributed by atoms with van der Waals surface area (Å²) in [5, 5.41) is 74.7. The highest BCUT2D eigenvalue weighted by atomic mass is 33.1. The summed E-state index contributed by atoms with van der Waals surface area (Å²) in [7, 11) is 3.32. The molecule has 0 bridgehead atoms. The number of aliphatic carboxylic acids is 1. The van der Waals surface area contributed by atoms with Crippen molar-refractivity contribution in [1.29, 1.82) is 5.41 Å². The number of guanidine groups is 1. The molecule has 1 aliphatic heterocycles. The zero-order valence-electron chi connectivity index (χ0n) is 78.7. The Morgan fingerprint density at radius 2 is 1.23 bits per heavy atom. The molecule has 17 amide bonds. The van der Waals surface area contributed by atoms with E-state index in [4.69, 9.17) is 32.1 Å². The van der Waals surface area contributed by atoms with Gasteiger partial charge in [0.1, 0.15) is 85.2 Å². The van der Waals surface area contributed by atoms with Gasteiger partial charge in [0.2, 0.25) is 100 Å². The number of fused-ring (bicyclic) bond motifs is 2. The van der Waals surface area contributed by atoms with Gasteiger partial charge in [-0.25, -0.2) is 4.98 Å². The number of hydrogen-bond donors (Lipinski definition) is 25. The number of nitrogens with one attached hydrogen (secondary N) is 20. The van der Waals surface area contributed by atoms with Crippen LogP contribution in [0, 0.1) is 17.2 Å². The molecule has 0 saturated carbocycles. The zero-order valence-corrected chi connectivity index (χ0v) is 80.4. The molecule has 1 fully saturated rings. The normalized spacial score (nSPS) is 21.1. The molecule has 0 radical (unpaired) electrons. The van der Waals surface area contributed by atoms with Crippen LogP contribution in [0.5, 0.6) is 0 Å². The number of carbonyl (C=O) groups excluding carboxylic acids is 17. The molecule has 1 unspecified atom stereocenters. The Morgan fingerprint density at radius 3 is 1.88 bits per heavy atom. The van der Waals surface area contributed by atoms with Crippen LogP contribution in [0.25, 0.3) is 21.8 Å². The summed E-state index contributed by atoms with van der Waals surface area (Å²) < 4.78 is 12.8. The van der Waals surface area contributed by atoms with E-state index in [1.807, 2.05) is 20.8 Å². The van der Waals surface area contributed by atoms with Crippen LogP contribution in [0.15, 0.2) is 73.4 Å². The summed E-state index contributed by atoms with van der Waals surface area (Å²) in [6.45, 7) is 14.7. The molecule has 2 aromatic carbocycles. The number of primary amides is 2. The number of carboxylic acid groups (broad SMARTS) is 1. The Balaban J connectivity index is 1.42. The Hall–Kier alpha value is -13.0. The second-order valence-corrected chi connectivity index (χ2v) is 37.2. The van der Waals surface area contributed by atoms with Crippen LogP contribution in [0.3, 0.4) is 0 Å². The quantitative estimate of drug-likeness (QED) is 0.00761. The molecule has 1 saturated heterocycles. The Kier molecular flexibility index (Phi) is 46.5. The molecule has 754 valence electrons. The molecule has 5 aromatic rings. The molecule has 3 aromatic heterocycles. The number of imidazole rings is 1. The third kappa shape index (κ3) is 39.0. The topological polar surface area (TPSA) is 722 Å². The molecule has 15 atom stereocenters. The Bertz CT molecular complexity index is 4990. The fourth-order valence-electron chi connectivity index (χ4n) is 14.3. The van der Waals surface area contributed by atoms with E-state index >= 15 is 24.0 Å². The summed E-state index contributed by atoms with van der Waals surface area (Å²) in [5.74, 6) is -21.5. The molecule has 1 aliphatic rings. The number of ether oxygens (including phenoxy) is 2. The number of nitrogens with zero attached hydrogens (tertiary/aromatic N) is 2. The average Bonchev–Trinajstić information content (AvgIpc) is 1.66. The van der Waals surface area contributed by atoms with Crippen molar-refractivity contribution in [1.82, 2.24) is 110 Å². The molecule has 28 N–H and O–H groups in total. The van der Waals surface area contributed by atoms with Gasteiger partial charge in [-0.15, -0.1) is 0 Å². The van der Waals surface area contributed by atoms with Crippen LogP contribution in [0.2, 0.25) is 0 Å². The number of benzene rings is 2. The van der Waals surface area contributed by atoms with Crippen molar-refractivity contribution in [3.05, 3.63) is 90.3 Å². The van der Waals surface area contributed by atoms with E-state index < -0.39 is 253 Å². The maximum Gasteiger partial charge on any atom is 0.305 e. The Labute approximate surface area is 800 Å². The lowest BCUT2D eigenvalue weighted by molar-refractivity contribution is -0.141. The van der Waals surface area contributed by atoms with E-state index in [-0.39, 0.29) is 76.2 Å². The van der Waals surface area contributed by atoms with Crippen molar-refractivity contribution in [2.24, 2.45) is 36.1 Å². The minimum absolute atomic E-state index is 0.0421. The van der Waals surface area contributed by atoms with Crippen LogP contribution in [-0.4, -0.2) is 296 Å². The minimum atomic E-state index is -2.08. The number of H-pyrrole nitrogens is 2. The number of aromatic nitrogens is 4. The number of nitrogens with two attached hydrogens (primary N) is 3. The van der Waals surface area contributed by atoms with Gasteiger partial charge in [0.25, 0.3) is 0 Å². The predicted molar refractivity (Wildman–Crippen MR) is 507 cm³/mol. The number of rotatable bonds is 40. The second-order valence-electron chi connectivity index (χ2n) is 34.7. The molecule has 4 heterocycles. The standard InChI is InChI=1S/C88H133N25O22S2/c1-12-47(4)72(101-50(7)115)86(133)110-65-44-137-136-43-64(83(130)112-73(49(6)114)84(131)94-30-31-134-32-33-135-42-69(118)102-57(74(90)121)23-17-18-29-99-88(8,9)10)109-77(124)58(24-19-28-95-87(91)92)103-80(127)62(36-53-39-93-45-98-53)105-75(122)48(5)100-68(117)40-97-76(123)60(34-51-38-96-56-22-15-13-20-54(51)56)106-81(128)63(37-70(119)120)107-78(125)59(26-27-67(89)116)104-79(126)61(108-85(132)71(46(2)3)111-82(65)129)35-52-41-113(11)66-25-16-14-21-55(52)66/h13-16,20-22,25,38-39,41,45-49,57-65,71-73,96,99,114H,12,17-19,23-24,26-37,40,42-44H2,1-11H3,(H2,89,116)(H2,90,121)(H,93,98)(H,94,131)(H,97,123)(H,100,117)(H,101,115)(H,102,118)(H,103,127)(H,104,126)(H,105,122)(H,106,128)(H,107,125)(H,108,132)(H,109,124)(H,110,133)(H,111,129)(H,112,130)(H,119,120)(H4,91,92,95)/t47-,48-,49+,57-,58-,59?,60-,61-,62-,63-,64-,65-,71-,72-,73-/m0/s1. The van der Waals surface area contributed by atoms with Gasteiger partial charge < -0.3 is 142 Å². The molecule has 6 rings (SSSR count).